The molecule has 3 aromatic rings. The Morgan fingerprint density at radius 2 is 1.97 bits per heavy atom. The van der Waals surface area contributed by atoms with Gasteiger partial charge >= 0.3 is 0 Å². The predicted molar refractivity (Wildman–Crippen MR) is 130 cm³/mol. The summed E-state index contributed by atoms with van der Waals surface area (Å²) in [6, 6.07) is 13.2. The van der Waals surface area contributed by atoms with Gasteiger partial charge in [-0.05, 0) is 49.2 Å². The molecule has 1 saturated heterocycles. The van der Waals surface area contributed by atoms with Crippen molar-refractivity contribution in [2.45, 2.75) is 25.0 Å². The number of fused-ring (bicyclic) bond motifs is 1. The molecule has 180 valence electrons. The van der Waals surface area contributed by atoms with E-state index < -0.39 is 11.9 Å². The molecule has 4 rings (SSSR count). The number of hydrogen-bond donors (Lipinski definition) is 3. The second-order valence-electron chi connectivity index (χ2n) is 8.18. The molecular weight excluding hydrogens is 482 g/mol. The number of amides is 1. The van der Waals surface area contributed by atoms with Crippen LogP contribution in [0.25, 0.3) is 10.9 Å². The quantitative estimate of drug-likeness (QED) is 0.430. The largest absolute Gasteiger partial charge is 0.491 e. The molecule has 1 atom stereocenters. The average Bonchev–Trinajstić information content (AvgIpc) is 2.84. The lowest BCUT2D eigenvalue weighted by Gasteiger charge is -2.32. The molecule has 1 aromatic heterocycles. The van der Waals surface area contributed by atoms with Gasteiger partial charge in [-0.1, -0.05) is 29.3 Å². The van der Waals surface area contributed by atoms with Crippen molar-refractivity contribution in [3.05, 3.63) is 70.1 Å². The lowest BCUT2D eigenvalue weighted by atomic mass is 10.1. The molecule has 1 amide bonds. The van der Waals surface area contributed by atoms with E-state index in [1.54, 1.807) is 24.3 Å². The molecule has 1 unspecified atom stereocenters. The van der Waals surface area contributed by atoms with Gasteiger partial charge in [-0.2, -0.15) is 0 Å². The first kappa shape index (κ1) is 24.6. The molecule has 0 bridgehead atoms. The number of rotatable bonds is 8. The second kappa shape index (κ2) is 11.3. The first-order valence-corrected chi connectivity index (χ1v) is 11.7. The van der Waals surface area contributed by atoms with Crippen molar-refractivity contribution in [1.82, 2.24) is 20.7 Å². The Morgan fingerprint density at radius 3 is 2.74 bits per heavy atom. The monoisotopic (exact) mass is 506 g/mol. The number of nitrogens with one attached hydrogen (secondary N) is 2. The van der Waals surface area contributed by atoms with Crippen molar-refractivity contribution in [3.8, 4) is 5.75 Å². The topological polar surface area (TPSA) is 86.7 Å². The minimum Gasteiger partial charge on any atom is -0.491 e. The molecule has 2 aromatic carbocycles. The van der Waals surface area contributed by atoms with E-state index in [1.165, 1.54) is 12.1 Å². The number of carbonyl (C=O) groups is 1. The highest BCUT2D eigenvalue weighted by atomic mass is 35.5. The first-order chi connectivity index (χ1) is 16.4. The lowest BCUT2D eigenvalue weighted by Crippen LogP contribution is -2.51. The lowest BCUT2D eigenvalue weighted by molar-refractivity contribution is 0.0693. The zero-order valence-corrected chi connectivity index (χ0v) is 19.8. The highest BCUT2D eigenvalue weighted by molar-refractivity contribution is 6.31. The summed E-state index contributed by atoms with van der Waals surface area (Å²) in [5.41, 5.74) is 3.97. The van der Waals surface area contributed by atoms with Crippen LogP contribution in [0.3, 0.4) is 0 Å². The Hall–Kier alpha value is -2.49. The Bertz CT molecular complexity index is 1160. The van der Waals surface area contributed by atoms with Crippen LogP contribution in [-0.2, 0) is 0 Å². The number of pyridine rings is 1. The number of carbonyl (C=O) groups excluding carboxylic acids is 1. The fourth-order valence-corrected chi connectivity index (χ4v) is 4.04. The second-order valence-corrected chi connectivity index (χ2v) is 9.03. The minimum atomic E-state index is -0.745. The van der Waals surface area contributed by atoms with Crippen LogP contribution in [0.4, 0.5) is 4.39 Å². The molecular formula is C24H25Cl2FN4O3. The van der Waals surface area contributed by atoms with Crippen LogP contribution in [0.2, 0.25) is 10.0 Å². The Kier molecular flexibility index (Phi) is 8.18. The van der Waals surface area contributed by atoms with Gasteiger partial charge in [0, 0.05) is 42.2 Å². The number of piperidine rings is 1. The maximum absolute atomic E-state index is 13.5. The maximum atomic E-state index is 13.5. The van der Waals surface area contributed by atoms with Gasteiger partial charge in [0.05, 0.1) is 10.5 Å². The van der Waals surface area contributed by atoms with E-state index in [2.05, 4.69) is 15.7 Å². The maximum Gasteiger partial charge on any atom is 0.284 e. The molecule has 1 fully saturated rings. The molecule has 0 spiro atoms. The summed E-state index contributed by atoms with van der Waals surface area (Å²) in [7, 11) is 0. The summed E-state index contributed by atoms with van der Waals surface area (Å²) >= 11 is 11.6. The fraction of sp³-hybridized carbons (Fsp3) is 0.333. The van der Waals surface area contributed by atoms with Crippen LogP contribution in [-0.4, -0.2) is 59.4 Å². The highest BCUT2D eigenvalue weighted by Gasteiger charge is 2.22. The van der Waals surface area contributed by atoms with Gasteiger partial charge in [0.25, 0.3) is 5.91 Å². The van der Waals surface area contributed by atoms with E-state index in [9.17, 15) is 14.3 Å². The Balaban J connectivity index is 1.18. The summed E-state index contributed by atoms with van der Waals surface area (Å²) in [6.45, 7) is 1.72. The number of halogens is 3. The van der Waals surface area contributed by atoms with Crippen molar-refractivity contribution in [3.63, 3.8) is 0 Å². The zero-order valence-electron chi connectivity index (χ0n) is 18.3. The van der Waals surface area contributed by atoms with Gasteiger partial charge in [0.15, 0.2) is 0 Å². The van der Waals surface area contributed by atoms with E-state index >= 15 is 0 Å². The molecule has 1 aliphatic rings. The third-order valence-corrected chi connectivity index (χ3v) is 6.16. The van der Waals surface area contributed by atoms with E-state index in [0.717, 1.165) is 18.2 Å². The third kappa shape index (κ3) is 6.55. The normalized spacial score (nSPS) is 15.9. The van der Waals surface area contributed by atoms with Gasteiger partial charge < -0.3 is 15.2 Å². The van der Waals surface area contributed by atoms with Gasteiger partial charge in [0.1, 0.15) is 30.0 Å². The van der Waals surface area contributed by atoms with Gasteiger partial charge in [0.2, 0.25) is 0 Å². The van der Waals surface area contributed by atoms with Crippen LogP contribution in [0.5, 0.6) is 5.75 Å². The molecule has 7 nitrogen and oxygen atoms in total. The minimum absolute atomic E-state index is 0.0241. The van der Waals surface area contributed by atoms with Crippen molar-refractivity contribution in [2.24, 2.45) is 0 Å². The van der Waals surface area contributed by atoms with E-state index in [0.29, 0.717) is 41.6 Å². The number of nitrogens with zero attached hydrogens (tertiary/aromatic N) is 2. The van der Waals surface area contributed by atoms with Gasteiger partial charge in [-0.3, -0.25) is 10.2 Å². The Morgan fingerprint density at radius 1 is 1.18 bits per heavy atom. The van der Waals surface area contributed by atoms with Crippen LogP contribution < -0.4 is 15.5 Å². The molecule has 34 heavy (non-hydrogen) atoms. The van der Waals surface area contributed by atoms with Crippen molar-refractivity contribution in [1.29, 1.82) is 0 Å². The summed E-state index contributed by atoms with van der Waals surface area (Å²) in [5, 5.41) is 16.9. The number of aliphatic hydroxyl groups excluding tert-OH is 1. The average molecular weight is 507 g/mol. The number of aliphatic hydroxyl groups is 1. The standard InChI is InChI=1S/C24H25Cl2FN4O3/c25-16-2-6-22-15(11-16)1-5-23(29-22)24(33)30-31-9-7-17(8-10-31)28-13-18(32)14-34-19-3-4-20(26)21(27)12-19/h1-6,11-12,17-18,28,32H,7-10,13-14H2,(H,30,33). The van der Waals surface area contributed by atoms with Crippen molar-refractivity contribution < 1.29 is 19.0 Å². The van der Waals surface area contributed by atoms with Gasteiger partial charge in [-0.25, -0.2) is 14.4 Å². The highest BCUT2D eigenvalue weighted by Crippen LogP contribution is 2.21. The van der Waals surface area contributed by atoms with Crippen molar-refractivity contribution >= 4 is 40.0 Å². The molecule has 10 heteroatoms. The molecule has 0 saturated carbocycles. The number of hydrogen-bond acceptors (Lipinski definition) is 6. The molecule has 1 aliphatic heterocycles. The first-order valence-electron chi connectivity index (χ1n) is 11.0. The predicted octanol–water partition coefficient (Wildman–Crippen LogP) is 3.82. The summed E-state index contributed by atoms with van der Waals surface area (Å²) < 4.78 is 18.9. The van der Waals surface area contributed by atoms with Crippen molar-refractivity contribution in [2.75, 3.05) is 26.2 Å². The fourth-order valence-electron chi connectivity index (χ4n) is 3.74. The summed E-state index contributed by atoms with van der Waals surface area (Å²) in [4.78, 5) is 17.0. The SMILES string of the molecule is O=C(NN1CCC(NCC(O)COc2ccc(Cl)c(F)c2)CC1)c1ccc2cc(Cl)ccc2n1. The third-order valence-electron chi connectivity index (χ3n) is 5.61. The van der Waals surface area contributed by atoms with E-state index in [-0.39, 0.29) is 23.6 Å². The Labute approximate surface area is 206 Å². The number of ether oxygens (including phenoxy) is 1. The van der Waals surface area contributed by atoms with Gasteiger partial charge in [-0.15, -0.1) is 0 Å². The zero-order chi connectivity index (χ0) is 24.1. The summed E-state index contributed by atoms with van der Waals surface area (Å²) in [6.07, 6.45) is 0.866. The molecule has 3 N–H and O–H groups in total. The smallest absolute Gasteiger partial charge is 0.284 e. The van der Waals surface area contributed by atoms with Crippen LogP contribution in [0.15, 0.2) is 48.5 Å². The summed E-state index contributed by atoms with van der Waals surface area (Å²) in [5.74, 6) is -0.504. The molecule has 0 radical (unpaired) electrons. The number of aromatic nitrogens is 1. The van der Waals surface area contributed by atoms with Crippen LogP contribution in [0, 0.1) is 5.82 Å². The van der Waals surface area contributed by atoms with Crippen LogP contribution >= 0.6 is 23.2 Å². The molecule has 2 heterocycles. The van der Waals surface area contributed by atoms with E-state index in [4.69, 9.17) is 27.9 Å². The molecule has 0 aliphatic carbocycles. The number of hydrazine groups is 1. The van der Waals surface area contributed by atoms with Crippen LogP contribution in [0.1, 0.15) is 23.3 Å². The number of benzene rings is 2. The van der Waals surface area contributed by atoms with E-state index in [1.807, 2.05) is 17.1 Å².